The van der Waals surface area contributed by atoms with Gasteiger partial charge in [-0.3, -0.25) is 4.68 Å². The van der Waals surface area contributed by atoms with Gasteiger partial charge in [-0.05, 0) is 43.4 Å². The summed E-state index contributed by atoms with van der Waals surface area (Å²) in [5.41, 5.74) is 4.28. The van der Waals surface area contributed by atoms with Crippen molar-refractivity contribution in [2.24, 2.45) is 0 Å². The number of fused-ring (bicyclic) bond motifs is 4. The summed E-state index contributed by atoms with van der Waals surface area (Å²) in [5.74, 6) is 0.145. The Bertz CT molecular complexity index is 1430. The first kappa shape index (κ1) is 25.9. The summed E-state index contributed by atoms with van der Waals surface area (Å²) in [6, 6.07) is 5.95. The molecule has 3 aromatic rings. The molecule has 4 heterocycles. The number of anilines is 1. The van der Waals surface area contributed by atoms with E-state index in [-0.39, 0.29) is 22.5 Å². The molecular formula is C26H27Cl2N5O4S. The second-order valence-electron chi connectivity index (χ2n) is 9.76. The molecule has 2 atom stereocenters. The molecule has 9 nitrogen and oxygen atoms in total. The lowest BCUT2D eigenvalue weighted by Crippen LogP contribution is -2.37. The number of aryl methyl sites for hydroxylation is 1. The third kappa shape index (κ3) is 4.26. The maximum Gasteiger partial charge on any atom is 0.360 e. The number of aromatic nitrogens is 4. The SMILES string of the molecule is CCOC(=O)c1nn2c(c1Cl)CN(c1nc([S+](C)[O-])nc3c1CO[C@@]1(CCc4c(Cl)cccc41)C3)CCC2. The number of benzene rings is 1. The van der Waals surface area contributed by atoms with Gasteiger partial charge in [0.05, 0.1) is 41.8 Å². The Morgan fingerprint density at radius 2 is 2.11 bits per heavy atom. The summed E-state index contributed by atoms with van der Waals surface area (Å²) in [5, 5.41) is 5.76. The van der Waals surface area contributed by atoms with Crippen molar-refractivity contribution in [1.29, 1.82) is 0 Å². The van der Waals surface area contributed by atoms with Gasteiger partial charge in [-0.25, -0.2) is 4.79 Å². The van der Waals surface area contributed by atoms with E-state index in [1.165, 1.54) is 0 Å². The van der Waals surface area contributed by atoms with Gasteiger partial charge in [0, 0.05) is 41.3 Å². The van der Waals surface area contributed by atoms with Crippen LogP contribution >= 0.6 is 23.2 Å². The highest BCUT2D eigenvalue weighted by molar-refractivity contribution is 7.90. The van der Waals surface area contributed by atoms with Crippen molar-refractivity contribution in [2.75, 3.05) is 24.3 Å². The number of rotatable bonds is 4. The number of hydrogen-bond acceptors (Lipinski definition) is 8. The van der Waals surface area contributed by atoms with Crippen LogP contribution in [0.1, 0.15) is 58.3 Å². The highest BCUT2D eigenvalue weighted by Crippen LogP contribution is 2.48. The summed E-state index contributed by atoms with van der Waals surface area (Å²) < 4.78 is 26.1. The van der Waals surface area contributed by atoms with Gasteiger partial charge in [0.2, 0.25) is 0 Å². The number of halogens is 2. The van der Waals surface area contributed by atoms with E-state index in [0.29, 0.717) is 44.2 Å². The Kier molecular flexibility index (Phi) is 6.80. The monoisotopic (exact) mass is 575 g/mol. The normalized spacial score (nSPS) is 21.0. The smallest absolute Gasteiger partial charge is 0.360 e. The van der Waals surface area contributed by atoms with Gasteiger partial charge >= 0.3 is 11.1 Å². The number of hydrogen-bond donors (Lipinski definition) is 0. The Hall–Kier alpha value is -2.37. The fourth-order valence-electron chi connectivity index (χ4n) is 5.74. The number of nitrogens with zero attached hydrogens (tertiary/aromatic N) is 5. The second kappa shape index (κ2) is 9.98. The van der Waals surface area contributed by atoms with E-state index in [1.807, 2.05) is 12.1 Å². The molecule has 38 heavy (non-hydrogen) atoms. The summed E-state index contributed by atoms with van der Waals surface area (Å²) in [6.07, 6.45) is 4.55. The number of esters is 1. The third-order valence-corrected chi connectivity index (χ3v) is 8.99. The molecule has 1 aliphatic carbocycles. The lowest BCUT2D eigenvalue weighted by atomic mass is 9.87. The maximum absolute atomic E-state index is 12.6. The topological polar surface area (TPSA) is 105 Å². The largest absolute Gasteiger partial charge is 0.609 e. The van der Waals surface area contributed by atoms with Gasteiger partial charge in [0.25, 0.3) is 0 Å². The lowest BCUT2D eigenvalue weighted by Gasteiger charge is -2.37. The van der Waals surface area contributed by atoms with E-state index in [2.05, 4.69) is 16.1 Å². The molecule has 0 bridgehead atoms. The molecule has 0 fully saturated rings. The molecule has 0 saturated heterocycles. The van der Waals surface area contributed by atoms with Crippen LogP contribution in [0.4, 0.5) is 5.82 Å². The van der Waals surface area contributed by atoms with Gasteiger partial charge in [0.1, 0.15) is 12.1 Å². The first-order valence-electron chi connectivity index (χ1n) is 12.6. The molecule has 2 aliphatic heterocycles. The van der Waals surface area contributed by atoms with Crippen molar-refractivity contribution in [3.63, 3.8) is 0 Å². The van der Waals surface area contributed by atoms with Crippen LogP contribution in [-0.4, -0.2) is 49.7 Å². The zero-order chi connectivity index (χ0) is 26.6. The molecular weight excluding hydrogens is 549 g/mol. The molecule has 2 aromatic heterocycles. The maximum atomic E-state index is 12.6. The highest BCUT2D eigenvalue weighted by Gasteiger charge is 2.45. The van der Waals surface area contributed by atoms with Gasteiger partial charge in [-0.1, -0.05) is 35.3 Å². The summed E-state index contributed by atoms with van der Waals surface area (Å²) >= 11 is 11.8. The molecule has 0 radical (unpaired) electrons. The number of carbonyl (C=O) groups excluding carboxylic acids is 1. The first-order chi connectivity index (χ1) is 18.3. The van der Waals surface area contributed by atoms with Gasteiger partial charge in [0.15, 0.2) is 5.69 Å². The highest BCUT2D eigenvalue weighted by atomic mass is 35.5. The quantitative estimate of drug-likeness (QED) is 0.258. The number of carbonyl (C=O) groups is 1. The van der Waals surface area contributed by atoms with Crippen LogP contribution in [0.2, 0.25) is 10.0 Å². The molecule has 200 valence electrons. The van der Waals surface area contributed by atoms with E-state index < -0.39 is 22.7 Å². The van der Waals surface area contributed by atoms with Crippen molar-refractivity contribution in [3.05, 3.63) is 62.0 Å². The fourth-order valence-corrected chi connectivity index (χ4v) is 6.73. The molecule has 0 amide bonds. The van der Waals surface area contributed by atoms with E-state index in [1.54, 1.807) is 17.9 Å². The minimum Gasteiger partial charge on any atom is -0.609 e. The standard InChI is InChI=1S/C26H27Cl2N5O4S/c1-3-36-24(34)22-21(28)20-13-32(10-5-11-33(20)31-22)23-16-14-37-26(12-19(16)29-25(30-23)38(2)35)9-8-15-17(26)6-4-7-18(15)27/h4,6-7H,3,5,8-14H2,1-2H3/t26-,38?/m0/s1. The molecule has 0 N–H and O–H groups in total. The van der Waals surface area contributed by atoms with Gasteiger partial charge < -0.3 is 18.9 Å². The molecule has 1 spiro atoms. The Morgan fingerprint density at radius 1 is 1.26 bits per heavy atom. The van der Waals surface area contributed by atoms with Crippen LogP contribution in [-0.2, 0) is 58.8 Å². The lowest BCUT2D eigenvalue weighted by molar-refractivity contribution is -0.0730. The molecule has 12 heteroatoms. The van der Waals surface area contributed by atoms with E-state index >= 15 is 0 Å². The zero-order valence-corrected chi connectivity index (χ0v) is 23.5. The van der Waals surface area contributed by atoms with Crippen molar-refractivity contribution in [2.45, 2.75) is 63.1 Å². The zero-order valence-electron chi connectivity index (χ0n) is 21.1. The molecule has 1 unspecified atom stereocenters. The minimum atomic E-state index is -1.38. The average molecular weight is 577 g/mol. The van der Waals surface area contributed by atoms with Crippen LogP contribution in [0.3, 0.4) is 0 Å². The molecule has 0 saturated carbocycles. The third-order valence-electron chi connectivity index (χ3n) is 7.54. The van der Waals surface area contributed by atoms with Crippen molar-refractivity contribution in [1.82, 2.24) is 19.7 Å². The predicted octanol–water partition coefficient (Wildman–Crippen LogP) is 4.22. The second-order valence-corrected chi connectivity index (χ2v) is 11.8. The average Bonchev–Trinajstić information content (AvgIpc) is 3.31. The van der Waals surface area contributed by atoms with E-state index in [0.717, 1.165) is 46.7 Å². The van der Waals surface area contributed by atoms with Gasteiger partial charge in [-0.15, -0.1) is 0 Å². The number of ether oxygens (including phenoxy) is 2. The van der Waals surface area contributed by atoms with Gasteiger partial charge in [-0.2, -0.15) is 15.1 Å². The first-order valence-corrected chi connectivity index (χ1v) is 14.9. The summed E-state index contributed by atoms with van der Waals surface area (Å²) in [4.78, 5) is 24.0. The summed E-state index contributed by atoms with van der Waals surface area (Å²) in [7, 11) is 0. The molecule has 3 aliphatic rings. The Labute approximate surface area is 233 Å². The van der Waals surface area contributed by atoms with Crippen LogP contribution in [0.15, 0.2) is 23.4 Å². The minimum absolute atomic E-state index is 0.120. The van der Waals surface area contributed by atoms with E-state index in [9.17, 15) is 9.35 Å². The van der Waals surface area contributed by atoms with Crippen LogP contribution < -0.4 is 4.90 Å². The van der Waals surface area contributed by atoms with Crippen LogP contribution in [0.5, 0.6) is 0 Å². The Morgan fingerprint density at radius 3 is 2.89 bits per heavy atom. The molecule has 1 aromatic carbocycles. The Balaban J connectivity index is 1.39. The fraction of sp³-hybridized carbons (Fsp3) is 0.462. The van der Waals surface area contributed by atoms with Crippen LogP contribution in [0, 0.1) is 0 Å². The van der Waals surface area contributed by atoms with E-state index in [4.69, 9.17) is 42.6 Å². The van der Waals surface area contributed by atoms with Crippen molar-refractivity contribution < 1.29 is 18.8 Å². The van der Waals surface area contributed by atoms with Crippen molar-refractivity contribution >= 4 is 46.2 Å². The predicted molar refractivity (Wildman–Crippen MR) is 143 cm³/mol. The van der Waals surface area contributed by atoms with Crippen LogP contribution in [0.25, 0.3) is 0 Å². The van der Waals surface area contributed by atoms with Crippen molar-refractivity contribution in [3.8, 4) is 0 Å². The molecule has 6 rings (SSSR count). The summed E-state index contributed by atoms with van der Waals surface area (Å²) in [6.45, 7) is 3.97.